The number of nitrogens with zero attached hydrogens (tertiary/aromatic N) is 1. The molecule has 0 atom stereocenters. The lowest BCUT2D eigenvalue weighted by atomic mass is 10.5. The van der Waals surface area contributed by atoms with Crippen molar-refractivity contribution in [1.82, 2.24) is 10.2 Å². The second kappa shape index (κ2) is 7.82. The Bertz CT molecular complexity index is 141. The summed E-state index contributed by atoms with van der Waals surface area (Å²) in [6.45, 7) is 3.75. The van der Waals surface area contributed by atoms with Gasteiger partial charge in [-0.2, -0.15) is 0 Å². The summed E-state index contributed by atoms with van der Waals surface area (Å²) in [5, 5.41) is 11.4. The van der Waals surface area contributed by atoms with Crippen LogP contribution in [0.25, 0.3) is 0 Å². The Kier molecular flexibility index (Phi) is 7.33. The molecule has 0 bridgehead atoms. The van der Waals surface area contributed by atoms with Gasteiger partial charge in [-0.15, -0.1) is 0 Å². The molecular weight excluding hydrogens is 172 g/mol. The van der Waals surface area contributed by atoms with Gasteiger partial charge < -0.3 is 20.1 Å². The molecule has 2 N–H and O–H groups in total. The Labute approximate surface area is 78.7 Å². The van der Waals surface area contributed by atoms with E-state index in [0.717, 1.165) is 0 Å². The standard InChI is InChI=1S/C8H18N2O3/c1-3-9-8(12)10(4-6-11)5-7-13-2/h11H,3-7H2,1-2H3,(H,9,12). The fourth-order valence-electron chi connectivity index (χ4n) is 0.900. The van der Waals surface area contributed by atoms with Gasteiger partial charge in [-0.1, -0.05) is 0 Å². The van der Waals surface area contributed by atoms with Crippen molar-refractivity contribution in [2.75, 3.05) is 40.0 Å². The molecule has 0 saturated carbocycles. The van der Waals surface area contributed by atoms with Gasteiger partial charge in [0, 0.05) is 26.7 Å². The van der Waals surface area contributed by atoms with Gasteiger partial charge in [0.1, 0.15) is 0 Å². The van der Waals surface area contributed by atoms with Crippen LogP contribution in [0.4, 0.5) is 4.79 Å². The summed E-state index contributed by atoms with van der Waals surface area (Å²) in [4.78, 5) is 12.8. The van der Waals surface area contributed by atoms with Gasteiger partial charge in [-0.25, -0.2) is 4.79 Å². The van der Waals surface area contributed by atoms with Crippen molar-refractivity contribution in [3.05, 3.63) is 0 Å². The molecule has 0 aliphatic carbocycles. The molecule has 0 fully saturated rings. The monoisotopic (exact) mass is 190 g/mol. The van der Waals surface area contributed by atoms with E-state index in [-0.39, 0.29) is 12.6 Å². The topological polar surface area (TPSA) is 61.8 Å². The number of ether oxygens (including phenoxy) is 1. The fourth-order valence-corrected chi connectivity index (χ4v) is 0.900. The maximum absolute atomic E-state index is 11.3. The molecule has 0 rings (SSSR count). The minimum Gasteiger partial charge on any atom is -0.395 e. The number of carbonyl (C=O) groups excluding carboxylic acids is 1. The minimum atomic E-state index is -0.159. The van der Waals surface area contributed by atoms with Crippen LogP contribution < -0.4 is 5.32 Å². The van der Waals surface area contributed by atoms with Gasteiger partial charge >= 0.3 is 6.03 Å². The number of methoxy groups -OCH3 is 1. The van der Waals surface area contributed by atoms with Crippen LogP contribution in [0.5, 0.6) is 0 Å². The quantitative estimate of drug-likeness (QED) is 0.602. The van der Waals surface area contributed by atoms with E-state index < -0.39 is 0 Å². The zero-order chi connectivity index (χ0) is 10.1. The molecule has 5 heteroatoms. The van der Waals surface area contributed by atoms with E-state index in [4.69, 9.17) is 9.84 Å². The first-order valence-corrected chi connectivity index (χ1v) is 4.38. The smallest absolute Gasteiger partial charge is 0.317 e. The summed E-state index contributed by atoms with van der Waals surface area (Å²) in [7, 11) is 1.58. The number of aliphatic hydroxyl groups is 1. The van der Waals surface area contributed by atoms with Crippen molar-refractivity contribution in [3.63, 3.8) is 0 Å². The molecule has 0 aromatic rings. The number of hydrogen-bond donors (Lipinski definition) is 2. The highest BCUT2D eigenvalue weighted by Crippen LogP contribution is 1.89. The molecule has 2 amide bonds. The molecule has 0 aliphatic heterocycles. The summed E-state index contributed by atoms with van der Waals surface area (Å²) in [6, 6.07) is -0.159. The molecule has 78 valence electrons. The first kappa shape index (κ1) is 12.2. The summed E-state index contributed by atoms with van der Waals surface area (Å²) in [5.41, 5.74) is 0. The molecule has 0 aromatic carbocycles. The van der Waals surface area contributed by atoms with Crippen LogP contribution in [-0.2, 0) is 4.74 Å². The number of hydrogen-bond acceptors (Lipinski definition) is 3. The van der Waals surface area contributed by atoms with Gasteiger partial charge in [0.05, 0.1) is 13.2 Å². The highest BCUT2D eigenvalue weighted by Gasteiger charge is 2.10. The summed E-state index contributed by atoms with van der Waals surface area (Å²) in [5.74, 6) is 0. The first-order chi connectivity index (χ1) is 6.26. The van der Waals surface area contributed by atoms with Gasteiger partial charge in [0.15, 0.2) is 0 Å². The fraction of sp³-hybridized carbons (Fsp3) is 0.875. The molecule has 0 saturated heterocycles. The van der Waals surface area contributed by atoms with Crippen LogP contribution in [0, 0.1) is 0 Å². The van der Waals surface area contributed by atoms with Gasteiger partial charge in [0.2, 0.25) is 0 Å². The SMILES string of the molecule is CCNC(=O)N(CCO)CCOC. The third-order valence-corrected chi connectivity index (χ3v) is 1.55. The van der Waals surface area contributed by atoms with Crippen LogP contribution in [0.2, 0.25) is 0 Å². The predicted octanol–water partition coefficient (Wildman–Crippen LogP) is -0.343. The highest BCUT2D eigenvalue weighted by molar-refractivity contribution is 5.74. The zero-order valence-electron chi connectivity index (χ0n) is 8.25. The first-order valence-electron chi connectivity index (χ1n) is 4.38. The van der Waals surface area contributed by atoms with E-state index in [2.05, 4.69) is 5.32 Å². The number of aliphatic hydroxyl groups excluding tert-OH is 1. The van der Waals surface area contributed by atoms with E-state index >= 15 is 0 Å². The third kappa shape index (κ3) is 5.43. The van der Waals surface area contributed by atoms with Crippen molar-refractivity contribution in [2.24, 2.45) is 0 Å². The van der Waals surface area contributed by atoms with Crippen molar-refractivity contribution in [3.8, 4) is 0 Å². The maximum atomic E-state index is 11.3. The molecule has 0 radical (unpaired) electrons. The van der Waals surface area contributed by atoms with Crippen LogP contribution >= 0.6 is 0 Å². The lowest BCUT2D eigenvalue weighted by molar-refractivity contribution is 0.136. The molecule has 0 heterocycles. The second-order valence-corrected chi connectivity index (χ2v) is 2.54. The molecule has 0 aliphatic rings. The van der Waals surface area contributed by atoms with E-state index in [1.807, 2.05) is 6.92 Å². The number of nitrogens with one attached hydrogen (secondary N) is 1. The van der Waals surface area contributed by atoms with Gasteiger partial charge in [0.25, 0.3) is 0 Å². The molecule has 5 nitrogen and oxygen atoms in total. The highest BCUT2D eigenvalue weighted by atomic mass is 16.5. The molecule has 0 aromatic heterocycles. The van der Waals surface area contributed by atoms with Crippen molar-refractivity contribution in [1.29, 1.82) is 0 Å². The van der Waals surface area contributed by atoms with E-state index in [1.54, 1.807) is 7.11 Å². The Morgan fingerprint density at radius 2 is 2.23 bits per heavy atom. The van der Waals surface area contributed by atoms with Crippen molar-refractivity contribution in [2.45, 2.75) is 6.92 Å². The largest absolute Gasteiger partial charge is 0.395 e. The van der Waals surface area contributed by atoms with Crippen LogP contribution in [0.15, 0.2) is 0 Å². The average Bonchev–Trinajstić information content (AvgIpc) is 2.12. The summed E-state index contributed by atoms with van der Waals surface area (Å²) >= 11 is 0. The van der Waals surface area contributed by atoms with E-state index in [0.29, 0.717) is 26.2 Å². The predicted molar refractivity (Wildman–Crippen MR) is 49.6 cm³/mol. The van der Waals surface area contributed by atoms with Gasteiger partial charge in [-0.3, -0.25) is 0 Å². The Balaban J connectivity index is 3.83. The van der Waals surface area contributed by atoms with Crippen molar-refractivity contribution >= 4 is 6.03 Å². The van der Waals surface area contributed by atoms with E-state index in [1.165, 1.54) is 4.90 Å². The lowest BCUT2D eigenvalue weighted by Gasteiger charge is -2.21. The zero-order valence-corrected chi connectivity index (χ0v) is 8.25. The van der Waals surface area contributed by atoms with Gasteiger partial charge in [-0.05, 0) is 6.92 Å². The molecular formula is C8H18N2O3. The Morgan fingerprint density at radius 1 is 1.54 bits per heavy atom. The third-order valence-electron chi connectivity index (χ3n) is 1.55. The minimum absolute atomic E-state index is 0.0269. The summed E-state index contributed by atoms with van der Waals surface area (Å²) < 4.78 is 4.84. The number of urea groups is 1. The van der Waals surface area contributed by atoms with Crippen molar-refractivity contribution < 1.29 is 14.6 Å². The average molecular weight is 190 g/mol. The maximum Gasteiger partial charge on any atom is 0.317 e. The normalized spacial score (nSPS) is 9.77. The molecule has 13 heavy (non-hydrogen) atoms. The van der Waals surface area contributed by atoms with E-state index in [9.17, 15) is 4.79 Å². The number of rotatable bonds is 6. The number of amides is 2. The lowest BCUT2D eigenvalue weighted by Crippen LogP contribution is -2.43. The number of carbonyl (C=O) groups is 1. The van der Waals surface area contributed by atoms with Crippen LogP contribution in [-0.4, -0.2) is 56.0 Å². The second-order valence-electron chi connectivity index (χ2n) is 2.54. The Morgan fingerprint density at radius 3 is 2.69 bits per heavy atom. The van der Waals surface area contributed by atoms with Crippen LogP contribution in [0.3, 0.4) is 0 Å². The molecule has 0 spiro atoms. The molecule has 0 unspecified atom stereocenters. The van der Waals surface area contributed by atoms with Crippen LogP contribution in [0.1, 0.15) is 6.92 Å². The Hall–Kier alpha value is -0.810. The summed E-state index contributed by atoms with van der Waals surface area (Å²) in [6.07, 6.45) is 0.